The van der Waals surface area contributed by atoms with Crippen LogP contribution in [0.3, 0.4) is 0 Å². The summed E-state index contributed by atoms with van der Waals surface area (Å²) in [6, 6.07) is 3.50. The van der Waals surface area contributed by atoms with E-state index in [-0.39, 0.29) is 24.5 Å². The molecule has 0 radical (unpaired) electrons. The largest absolute Gasteiger partial charge is 0.393 e. The third kappa shape index (κ3) is 5.79. The molecule has 0 saturated carbocycles. The van der Waals surface area contributed by atoms with Gasteiger partial charge in [-0.25, -0.2) is 0 Å². The molecule has 5 nitrogen and oxygen atoms in total. The highest BCUT2D eigenvalue weighted by atomic mass is 32.1. The molecule has 0 fully saturated rings. The van der Waals surface area contributed by atoms with Gasteiger partial charge >= 0.3 is 0 Å². The summed E-state index contributed by atoms with van der Waals surface area (Å²) >= 11 is 1.34. The second kappa shape index (κ2) is 7.84. The predicted molar refractivity (Wildman–Crippen MR) is 70.6 cm³/mol. The molecule has 2 amide bonds. The second-order valence-electron chi connectivity index (χ2n) is 4.00. The van der Waals surface area contributed by atoms with E-state index in [1.54, 1.807) is 19.1 Å². The molecule has 0 spiro atoms. The van der Waals surface area contributed by atoms with Crippen molar-refractivity contribution in [3.05, 3.63) is 22.4 Å². The maximum Gasteiger partial charge on any atom is 0.261 e. The fourth-order valence-corrected chi connectivity index (χ4v) is 1.98. The van der Waals surface area contributed by atoms with Crippen LogP contribution in [-0.2, 0) is 4.79 Å². The van der Waals surface area contributed by atoms with Crippen molar-refractivity contribution in [2.24, 2.45) is 0 Å². The number of nitrogens with one attached hydrogen (secondary N) is 2. The highest BCUT2D eigenvalue weighted by Crippen LogP contribution is 2.07. The highest BCUT2D eigenvalue weighted by Gasteiger charge is 2.08. The number of amides is 2. The van der Waals surface area contributed by atoms with E-state index < -0.39 is 0 Å². The first kappa shape index (κ1) is 14.7. The molecule has 1 aromatic heterocycles. The van der Waals surface area contributed by atoms with E-state index in [9.17, 15) is 9.59 Å². The Bertz CT molecular complexity index is 377. The Kier molecular flexibility index (Phi) is 6.38. The average Bonchev–Trinajstić information content (AvgIpc) is 2.85. The summed E-state index contributed by atoms with van der Waals surface area (Å²) in [6.45, 7) is 2.20. The van der Waals surface area contributed by atoms with Crippen LogP contribution in [0.2, 0.25) is 0 Å². The van der Waals surface area contributed by atoms with Gasteiger partial charge in [0.2, 0.25) is 5.91 Å². The zero-order valence-electron chi connectivity index (χ0n) is 10.3. The van der Waals surface area contributed by atoms with Crippen LogP contribution in [0.15, 0.2) is 17.5 Å². The first-order valence-electron chi connectivity index (χ1n) is 5.86. The summed E-state index contributed by atoms with van der Waals surface area (Å²) < 4.78 is 0. The standard InChI is InChI=1S/C12H18N2O3S/c1-9(15)4-2-6-13-11(16)8-14-12(17)10-5-3-7-18-10/h3,5,7,9,15H,2,4,6,8H2,1H3,(H,13,16)(H,14,17). The van der Waals surface area contributed by atoms with Crippen LogP contribution in [0, 0.1) is 0 Å². The summed E-state index contributed by atoms with van der Waals surface area (Å²) in [5.74, 6) is -0.449. The van der Waals surface area contributed by atoms with Crippen LogP contribution < -0.4 is 10.6 Å². The number of carbonyl (C=O) groups is 2. The Balaban J connectivity index is 2.12. The maximum absolute atomic E-state index is 11.5. The predicted octanol–water partition coefficient (Wildman–Crippen LogP) is 0.755. The van der Waals surface area contributed by atoms with Crippen molar-refractivity contribution in [1.29, 1.82) is 0 Å². The molecule has 0 saturated heterocycles. The van der Waals surface area contributed by atoms with Gasteiger partial charge in [-0.3, -0.25) is 9.59 Å². The number of carbonyl (C=O) groups excluding carboxylic acids is 2. The van der Waals surface area contributed by atoms with Crippen LogP contribution in [0.25, 0.3) is 0 Å². The maximum atomic E-state index is 11.5. The molecule has 1 atom stereocenters. The van der Waals surface area contributed by atoms with E-state index in [1.807, 2.05) is 5.38 Å². The van der Waals surface area contributed by atoms with Gasteiger partial charge in [0.1, 0.15) is 0 Å². The van der Waals surface area contributed by atoms with Crippen molar-refractivity contribution < 1.29 is 14.7 Å². The topological polar surface area (TPSA) is 78.4 Å². The van der Waals surface area contributed by atoms with Gasteiger partial charge in [-0.05, 0) is 31.2 Å². The number of aliphatic hydroxyl groups is 1. The second-order valence-corrected chi connectivity index (χ2v) is 4.95. The first-order valence-corrected chi connectivity index (χ1v) is 6.74. The van der Waals surface area contributed by atoms with Gasteiger partial charge in [0.05, 0.1) is 17.5 Å². The number of rotatable bonds is 7. The molecule has 6 heteroatoms. The lowest BCUT2D eigenvalue weighted by Crippen LogP contribution is -2.37. The van der Waals surface area contributed by atoms with Gasteiger partial charge in [-0.2, -0.15) is 0 Å². The molecule has 3 N–H and O–H groups in total. The summed E-state index contributed by atoms with van der Waals surface area (Å²) in [6.07, 6.45) is 1.03. The van der Waals surface area contributed by atoms with Crippen molar-refractivity contribution in [2.75, 3.05) is 13.1 Å². The minimum atomic E-state index is -0.347. The van der Waals surface area contributed by atoms with Gasteiger partial charge in [0, 0.05) is 6.54 Å². The van der Waals surface area contributed by atoms with E-state index in [2.05, 4.69) is 10.6 Å². The molecule has 0 bridgehead atoms. The number of hydrogen-bond donors (Lipinski definition) is 3. The summed E-state index contributed by atoms with van der Waals surface area (Å²) in [5.41, 5.74) is 0. The zero-order chi connectivity index (χ0) is 13.4. The summed E-state index contributed by atoms with van der Waals surface area (Å²) in [5, 5.41) is 16.1. The van der Waals surface area contributed by atoms with E-state index in [4.69, 9.17) is 5.11 Å². The Morgan fingerprint density at radius 3 is 2.83 bits per heavy atom. The van der Waals surface area contributed by atoms with Gasteiger partial charge in [-0.15, -0.1) is 11.3 Å². The minimum absolute atomic E-state index is 0.0224. The van der Waals surface area contributed by atoms with Crippen LogP contribution in [0.5, 0.6) is 0 Å². The number of hydrogen-bond acceptors (Lipinski definition) is 4. The van der Waals surface area contributed by atoms with Crippen LogP contribution in [0.4, 0.5) is 0 Å². The van der Waals surface area contributed by atoms with Crippen molar-refractivity contribution in [3.8, 4) is 0 Å². The number of aliphatic hydroxyl groups excluding tert-OH is 1. The van der Waals surface area contributed by atoms with E-state index >= 15 is 0 Å². The lowest BCUT2D eigenvalue weighted by atomic mass is 10.2. The Morgan fingerprint density at radius 1 is 1.44 bits per heavy atom. The summed E-state index contributed by atoms with van der Waals surface area (Å²) in [7, 11) is 0. The van der Waals surface area contributed by atoms with E-state index in [0.29, 0.717) is 17.8 Å². The van der Waals surface area contributed by atoms with E-state index in [1.165, 1.54) is 11.3 Å². The van der Waals surface area contributed by atoms with Crippen molar-refractivity contribution in [3.63, 3.8) is 0 Å². The van der Waals surface area contributed by atoms with Gasteiger partial charge < -0.3 is 15.7 Å². The molecule has 1 aromatic rings. The molecule has 1 heterocycles. The average molecular weight is 270 g/mol. The molecule has 1 rings (SSSR count). The van der Waals surface area contributed by atoms with Crippen molar-refractivity contribution in [1.82, 2.24) is 10.6 Å². The van der Waals surface area contributed by atoms with Gasteiger partial charge in [0.15, 0.2) is 0 Å². The molecular formula is C12H18N2O3S. The Morgan fingerprint density at radius 2 is 2.22 bits per heavy atom. The third-order valence-corrected chi connectivity index (χ3v) is 3.14. The number of thiophene rings is 1. The molecular weight excluding hydrogens is 252 g/mol. The monoisotopic (exact) mass is 270 g/mol. The van der Waals surface area contributed by atoms with E-state index in [0.717, 1.165) is 6.42 Å². The lowest BCUT2D eigenvalue weighted by Gasteiger charge is -2.07. The van der Waals surface area contributed by atoms with Crippen molar-refractivity contribution in [2.45, 2.75) is 25.9 Å². The highest BCUT2D eigenvalue weighted by molar-refractivity contribution is 7.12. The van der Waals surface area contributed by atoms with Crippen molar-refractivity contribution >= 4 is 23.2 Å². The fraction of sp³-hybridized carbons (Fsp3) is 0.500. The molecule has 0 aliphatic rings. The molecule has 0 aliphatic carbocycles. The normalized spacial score (nSPS) is 11.9. The molecule has 0 aliphatic heterocycles. The quantitative estimate of drug-likeness (QED) is 0.640. The minimum Gasteiger partial charge on any atom is -0.393 e. The lowest BCUT2D eigenvalue weighted by molar-refractivity contribution is -0.120. The smallest absolute Gasteiger partial charge is 0.261 e. The molecule has 1 unspecified atom stereocenters. The van der Waals surface area contributed by atoms with Crippen LogP contribution in [0.1, 0.15) is 29.4 Å². The molecule has 18 heavy (non-hydrogen) atoms. The fourth-order valence-electron chi connectivity index (χ4n) is 1.34. The SMILES string of the molecule is CC(O)CCCNC(=O)CNC(=O)c1cccs1. The third-order valence-electron chi connectivity index (χ3n) is 2.28. The van der Waals surface area contributed by atoms with Crippen LogP contribution >= 0.6 is 11.3 Å². The van der Waals surface area contributed by atoms with Gasteiger partial charge in [0.25, 0.3) is 5.91 Å². The van der Waals surface area contributed by atoms with Crippen LogP contribution in [-0.4, -0.2) is 36.1 Å². The first-order chi connectivity index (χ1) is 8.59. The summed E-state index contributed by atoms with van der Waals surface area (Å²) in [4.78, 5) is 23.5. The zero-order valence-corrected chi connectivity index (χ0v) is 11.1. The Hall–Kier alpha value is -1.40. The molecule has 0 aromatic carbocycles. The van der Waals surface area contributed by atoms with Gasteiger partial charge in [-0.1, -0.05) is 6.07 Å². The molecule has 100 valence electrons. The Labute approximate surface area is 110 Å².